The summed E-state index contributed by atoms with van der Waals surface area (Å²) in [4.78, 5) is 16.4. The topological polar surface area (TPSA) is 38.7 Å². The van der Waals surface area contributed by atoms with E-state index in [1.807, 2.05) is 25.1 Å². The second kappa shape index (κ2) is 7.74. The Kier molecular flexibility index (Phi) is 5.98. The first-order valence-electron chi connectivity index (χ1n) is 6.83. The molecule has 0 N–H and O–H groups in total. The van der Waals surface area contributed by atoms with Crippen LogP contribution in [-0.2, 0) is 15.3 Å². The molecule has 20 heavy (non-hydrogen) atoms. The summed E-state index contributed by atoms with van der Waals surface area (Å²) in [6.07, 6.45) is 1.96. The molecular formula is C15H19NO2S2. The summed E-state index contributed by atoms with van der Waals surface area (Å²) >= 11 is 3.17. The van der Waals surface area contributed by atoms with Crippen LogP contribution in [0.2, 0.25) is 0 Å². The van der Waals surface area contributed by atoms with E-state index in [9.17, 15) is 4.79 Å². The molecule has 0 radical (unpaired) electrons. The van der Waals surface area contributed by atoms with Crippen molar-refractivity contribution in [3.8, 4) is 0 Å². The van der Waals surface area contributed by atoms with E-state index in [0.29, 0.717) is 6.61 Å². The van der Waals surface area contributed by atoms with Crippen molar-refractivity contribution in [1.82, 2.24) is 0 Å². The summed E-state index contributed by atoms with van der Waals surface area (Å²) in [6.45, 7) is 4.47. The van der Waals surface area contributed by atoms with Gasteiger partial charge in [-0.1, -0.05) is 55.1 Å². The molecule has 1 aliphatic heterocycles. The Bertz CT molecular complexity index is 502. The molecule has 1 unspecified atom stereocenters. The van der Waals surface area contributed by atoms with Crippen molar-refractivity contribution in [3.63, 3.8) is 0 Å². The minimum atomic E-state index is -0.205. The summed E-state index contributed by atoms with van der Waals surface area (Å²) in [6, 6.07) is 8.12. The van der Waals surface area contributed by atoms with Crippen molar-refractivity contribution in [2.24, 2.45) is 4.99 Å². The number of hydrogen-bond donors (Lipinski definition) is 0. The summed E-state index contributed by atoms with van der Waals surface area (Å²) < 4.78 is 6.18. The Balaban J connectivity index is 1.90. The van der Waals surface area contributed by atoms with E-state index < -0.39 is 0 Å². The van der Waals surface area contributed by atoms with Gasteiger partial charge in [0.25, 0.3) is 0 Å². The van der Waals surface area contributed by atoms with Crippen LogP contribution in [0.3, 0.4) is 0 Å². The minimum absolute atomic E-state index is 0.148. The van der Waals surface area contributed by atoms with Gasteiger partial charge in [-0.25, -0.2) is 4.99 Å². The number of aliphatic imine (C=N–C) groups is 1. The van der Waals surface area contributed by atoms with E-state index in [4.69, 9.17) is 4.74 Å². The summed E-state index contributed by atoms with van der Waals surface area (Å²) in [5.74, 6) is 0.769. The summed E-state index contributed by atoms with van der Waals surface area (Å²) in [7, 11) is 0. The zero-order chi connectivity index (χ0) is 14.4. The van der Waals surface area contributed by atoms with E-state index in [2.05, 4.69) is 18.0 Å². The molecule has 0 fully saturated rings. The third kappa shape index (κ3) is 4.28. The lowest BCUT2D eigenvalue weighted by Crippen LogP contribution is -2.19. The molecule has 0 saturated heterocycles. The molecule has 0 amide bonds. The van der Waals surface area contributed by atoms with Crippen LogP contribution in [0.25, 0.3) is 0 Å². The molecule has 5 heteroatoms. The number of fused-ring (bicyclic) bond motifs is 1. The van der Waals surface area contributed by atoms with Crippen LogP contribution in [0.4, 0.5) is 5.69 Å². The number of unbranched alkanes of at least 4 members (excludes halogenated alkanes) is 1. The molecule has 108 valence electrons. The number of thioether (sulfide) groups is 2. The van der Waals surface area contributed by atoms with E-state index in [1.54, 1.807) is 11.8 Å². The predicted molar refractivity (Wildman–Crippen MR) is 87.8 cm³/mol. The zero-order valence-electron chi connectivity index (χ0n) is 11.8. The van der Waals surface area contributed by atoms with Gasteiger partial charge in [-0.3, -0.25) is 4.79 Å². The fourth-order valence-corrected chi connectivity index (χ4v) is 3.89. The first kappa shape index (κ1) is 15.4. The zero-order valence-corrected chi connectivity index (χ0v) is 13.4. The normalized spacial score (nSPS) is 15.2. The van der Waals surface area contributed by atoms with Crippen LogP contribution in [-0.4, -0.2) is 22.2 Å². The highest BCUT2D eigenvalue weighted by atomic mass is 32.2. The SMILES string of the molecule is CCCCOC(=O)C(C)SC1=Nc2ccccc2CS1. The lowest BCUT2D eigenvalue weighted by Gasteiger charge is -2.16. The van der Waals surface area contributed by atoms with E-state index in [1.165, 1.54) is 17.3 Å². The van der Waals surface area contributed by atoms with Crippen molar-refractivity contribution in [2.75, 3.05) is 6.61 Å². The third-order valence-corrected chi connectivity index (χ3v) is 5.18. The number of nitrogens with zero attached hydrogens (tertiary/aromatic N) is 1. The molecule has 2 rings (SSSR count). The summed E-state index contributed by atoms with van der Waals surface area (Å²) in [5, 5.41) is -0.205. The van der Waals surface area contributed by atoms with Gasteiger partial charge in [0.1, 0.15) is 9.63 Å². The molecule has 1 aromatic carbocycles. The predicted octanol–water partition coefficient (Wildman–Crippen LogP) is 4.39. The molecular weight excluding hydrogens is 290 g/mol. The average Bonchev–Trinajstić information content (AvgIpc) is 2.47. The van der Waals surface area contributed by atoms with E-state index in [0.717, 1.165) is 28.7 Å². The maximum absolute atomic E-state index is 11.8. The summed E-state index contributed by atoms with van der Waals surface area (Å²) in [5.41, 5.74) is 2.26. The number of benzene rings is 1. The maximum atomic E-state index is 11.8. The number of para-hydroxylation sites is 1. The molecule has 0 saturated carbocycles. The molecule has 0 aromatic heterocycles. The average molecular weight is 309 g/mol. The molecule has 3 nitrogen and oxygen atoms in total. The van der Waals surface area contributed by atoms with E-state index in [-0.39, 0.29) is 11.2 Å². The largest absolute Gasteiger partial charge is 0.465 e. The molecule has 0 spiro atoms. The number of carbonyl (C=O) groups is 1. The van der Waals surface area contributed by atoms with Crippen LogP contribution >= 0.6 is 23.5 Å². The molecule has 0 aliphatic carbocycles. The van der Waals surface area contributed by atoms with Crippen molar-refractivity contribution >= 4 is 39.6 Å². The highest BCUT2D eigenvalue weighted by Gasteiger charge is 2.20. The Morgan fingerprint density at radius 3 is 3.10 bits per heavy atom. The molecule has 1 aromatic rings. The van der Waals surface area contributed by atoms with Gasteiger partial charge >= 0.3 is 5.97 Å². The monoisotopic (exact) mass is 309 g/mol. The second-order valence-corrected chi connectivity index (χ2v) is 7.13. The fourth-order valence-electron chi connectivity index (χ4n) is 1.71. The van der Waals surface area contributed by atoms with Gasteiger partial charge in [-0.05, 0) is 25.0 Å². The van der Waals surface area contributed by atoms with Crippen LogP contribution in [0.5, 0.6) is 0 Å². The molecule has 0 bridgehead atoms. The van der Waals surface area contributed by atoms with Crippen LogP contribution in [0.1, 0.15) is 32.3 Å². The first-order chi connectivity index (χ1) is 9.70. The lowest BCUT2D eigenvalue weighted by molar-refractivity contribution is -0.142. The van der Waals surface area contributed by atoms with Crippen LogP contribution in [0.15, 0.2) is 29.3 Å². The highest BCUT2D eigenvalue weighted by molar-refractivity contribution is 8.39. The molecule has 1 aliphatic rings. The van der Waals surface area contributed by atoms with Gasteiger partial charge in [0.05, 0.1) is 12.3 Å². The third-order valence-electron chi connectivity index (χ3n) is 2.91. The van der Waals surface area contributed by atoms with Crippen molar-refractivity contribution in [2.45, 2.75) is 37.7 Å². The lowest BCUT2D eigenvalue weighted by atomic mass is 10.2. The number of rotatable bonds is 5. The minimum Gasteiger partial charge on any atom is -0.465 e. The van der Waals surface area contributed by atoms with Crippen LogP contribution < -0.4 is 0 Å². The van der Waals surface area contributed by atoms with Gasteiger partial charge in [-0.2, -0.15) is 0 Å². The smallest absolute Gasteiger partial charge is 0.319 e. The van der Waals surface area contributed by atoms with Crippen molar-refractivity contribution in [3.05, 3.63) is 29.8 Å². The first-order valence-corrected chi connectivity index (χ1v) is 8.70. The Morgan fingerprint density at radius 1 is 1.50 bits per heavy atom. The van der Waals surface area contributed by atoms with E-state index >= 15 is 0 Å². The van der Waals surface area contributed by atoms with Gasteiger partial charge in [0.15, 0.2) is 0 Å². The van der Waals surface area contributed by atoms with Crippen molar-refractivity contribution in [1.29, 1.82) is 0 Å². The van der Waals surface area contributed by atoms with Gasteiger partial charge < -0.3 is 4.74 Å². The molecule has 1 atom stereocenters. The highest BCUT2D eigenvalue weighted by Crippen LogP contribution is 2.35. The van der Waals surface area contributed by atoms with Gasteiger partial charge in [0.2, 0.25) is 0 Å². The fraction of sp³-hybridized carbons (Fsp3) is 0.467. The Labute approximate surface area is 128 Å². The van der Waals surface area contributed by atoms with Gasteiger partial charge in [-0.15, -0.1) is 0 Å². The van der Waals surface area contributed by atoms with Crippen molar-refractivity contribution < 1.29 is 9.53 Å². The maximum Gasteiger partial charge on any atom is 0.319 e. The molecule has 1 heterocycles. The standard InChI is InChI=1S/C15H19NO2S2/c1-3-4-9-18-14(17)11(2)20-15-16-13-8-6-5-7-12(13)10-19-15/h5-8,11H,3-4,9-10H2,1-2H3. The number of esters is 1. The quantitative estimate of drug-likeness (QED) is 0.597. The Hall–Kier alpha value is -0.940. The van der Waals surface area contributed by atoms with Crippen LogP contribution in [0, 0.1) is 0 Å². The second-order valence-electron chi connectivity index (χ2n) is 4.58. The number of carbonyl (C=O) groups excluding carboxylic acids is 1. The Morgan fingerprint density at radius 2 is 2.30 bits per heavy atom. The number of ether oxygens (including phenoxy) is 1. The number of hydrogen-bond acceptors (Lipinski definition) is 5. The van der Waals surface area contributed by atoms with Gasteiger partial charge in [0, 0.05) is 5.75 Å².